The molecule has 4 heteroatoms. The van der Waals surface area contributed by atoms with Crippen LogP contribution in [0.5, 0.6) is 0 Å². The molecule has 1 atom stereocenters. The van der Waals surface area contributed by atoms with Crippen LogP contribution >= 0.6 is 15.9 Å². The number of halogens is 1. The van der Waals surface area contributed by atoms with Gasteiger partial charge in [-0.25, -0.2) is 0 Å². The van der Waals surface area contributed by atoms with E-state index in [0.717, 1.165) is 39.8 Å². The highest BCUT2D eigenvalue weighted by Crippen LogP contribution is 2.50. The van der Waals surface area contributed by atoms with E-state index in [1.54, 1.807) is 0 Å². The smallest absolute Gasteiger partial charge is 0.160 e. The van der Waals surface area contributed by atoms with Gasteiger partial charge in [-0.05, 0) is 30.4 Å². The lowest BCUT2D eigenvalue weighted by atomic mass is 9.65. The van der Waals surface area contributed by atoms with E-state index in [0.29, 0.717) is 12.2 Å². The quantitative estimate of drug-likeness (QED) is 0.763. The molecule has 1 heterocycles. The summed E-state index contributed by atoms with van der Waals surface area (Å²) in [5.74, 6) is 0.287. The summed E-state index contributed by atoms with van der Waals surface area (Å²) >= 11 is 3.69. The number of rotatable bonds is 1. The Morgan fingerprint density at radius 1 is 1.25 bits per heavy atom. The van der Waals surface area contributed by atoms with Crippen molar-refractivity contribution in [1.29, 1.82) is 0 Å². The number of aryl methyl sites for hydroxylation is 1. The van der Waals surface area contributed by atoms with Crippen LogP contribution < -0.4 is 0 Å². The van der Waals surface area contributed by atoms with Crippen molar-refractivity contribution in [2.75, 3.05) is 0 Å². The normalized spacial score (nSPS) is 22.3. The van der Waals surface area contributed by atoms with Gasteiger partial charge in [-0.15, -0.1) is 0 Å². The van der Waals surface area contributed by atoms with E-state index in [-0.39, 0.29) is 11.3 Å². The Labute approximate surface area is 150 Å². The Bertz CT molecular complexity index is 876. The second kappa shape index (κ2) is 5.41. The van der Waals surface area contributed by atoms with Gasteiger partial charge in [-0.1, -0.05) is 53.5 Å². The summed E-state index contributed by atoms with van der Waals surface area (Å²) in [6.45, 7) is 6.43. The number of fused-ring (bicyclic) bond motifs is 1. The molecule has 124 valence electrons. The first-order valence-corrected chi connectivity index (χ1v) is 9.20. The zero-order valence-corrected chi connectivity index (χ0v) is 15.8. The van der Waals surface area contributed by atoms with Gasteiger partial charge in [0, 0.05) is 40.1 Å². The summed E-state index contributed by atoms with van der Waals surface area (Å²) in [5.41, 5.74) is 6.83. The molecule has 0 aliphatic heterocycles. The Morgan fingerprint density at radius 2 is 2.00 bits per heavy atom. The number of nitrogens with one attached hydrogen (secondary N) is 1. The second-order valence-electron chi connectivity index (χ2n) is 7.80. The predicted octanol–water partition coefficient (Wildman–Crippen LogP) is 4.85. The SMILES string of the molecule is Cc1[nH]nc2c1C(c1ccccc1Br)C1=C(C2)CC(C)(C)CC1=O. The maximum absolute atomic E-state index is 13.1. The molecular formula is C20H21BrN2O. The molecule has 2 aliphatic rings. The molecule has 2 aliphatic carbocycles. The first-order valence-electron chi connectivity index (χ1n) is 8.41. The van der Waals surface area contributed by atoms with Crippen molar-refractivity contribution in [2.45, 2.75) is 46.0 Å². The van der Waals surface area contributed by atoms with Gasteiger partial charge in [0.15, 0.2) is 5.78 Å². The van der Waals surface area contributed by atoms with Crippen LogP contribution in [0.1, 0.15) is 55.1 Å². The summed E-state index contributed by atoms with van der Waals surface area (Å²) in [4.78, 5) is 13.1. The van der Waals surface area contributed by atoms with Crippen LogP contribution in [-0.4, -0.2) is 16.0 Å². The molecule has 3 nitrogen and oxygen atoms in total. The number of ketones is 1. The largest absolute Gasteiger partial charge is 0.294 e. The van der Waals surface area contributed by atoms with Crippen molar-refractivity contribution in [1.82, 2.24) is 10.2 Å². The monoisotopic (exact) mass is 384 g/mol. The molecular weight excluding hydrogens is 364 g/mol. The maximum Gasteiger partial charge on any atom is 0.160 e. The summed E-state index contributed by atoms with van der Waals surface area (Å²) < 4.78 is 1.05. The fraction of sp³-hybridized carbons (Fsp3) is 0.400. The first kappa shape index (κ1) is 15.8. The highest BCUT2D eigenvalue weighted by Gasteiger charge is 2.42. The molecule has 0 saturated heterocycles. The van der Waals surface area contributed by atoms with Gasteiger partial charge < -0.3 is 0 Å². The van der Waals surface area contributed by atoms with Crippen molar-refractivity contribution in [2.24, 2.45) is 5.41 Å². The fourth-order valence-corrected chi connectivity index (χ4v) is 4.87. The van der Waals surface area contributed by atoms with Gasteiger partial charge in [-0.3, -0.25) is 9.89 Å². The van der Waals surface area contributed by atoms with Crippen molar-refractivity contribution in [3.05, 3.63) is 62.4 Å². The Balaban J connectivity index is 1.97. The minimum atomic E-state index is -0.0123. The summed E-state index contributed by atoms with van der Waals surface area (Å²) in [6.07, 6.45) is 2.39. The second-order valence-corrected chi connectivity index (χ2v) is 8.65. The molecule has 0 radical (unpaired) electrons. The summed E-state index contributed by atoms with van der Waals surface area (Å²) in [5, 5.41) is 7.68. The number of H-pyrrole nitrogens is 1. The van der Waals surface area contributed by atoms with Gasteiger partial charge in [0.05, 0.1) is 5.69 Å². The molecule has 0 saturated carbocycles. The highest BCUT2D eigenvalue weighted by atomic mass is 79.9. The molecule has 1 aromatic heterocycles. The maximum atomic E-state index is 13.1. The van der Waals surface area contributed by atoms with Crippen LogP contribution in [0.4, 0.5) is 0 Å². The van der Waals surface area contributed by atoms with E-state index in [1.807, 2.05) is 12.1 Å². The lowest BCUT2D eigenvalue weighted by molar-refractivity contribution is -0.118. The van der Waals surface area contributed by atoms with E-state index in [2.05, 4.69) is 59.0 Å². The topological polar surface area (TPSA) is 45.8 Å². The van der Waals surface area contributed by atoms with Crippen LogP contribution in [0.3, 0.4) is 0 Å². The Kier molecular flexibility index (Phi) is 3.57. The number of Topliss-reactive ketones (excluding diaryl/α,β-unsaturated/α-hetero) is 1. The average Bonchev–Trinajstić information content (AvgIpc) is 2.86. The molecule has 1 N–H and O–H groups in total. The fourth-order valence-electron chi connectivity index (χ4n) is 4.36. The predicted molar refractivity (Wildman–Crippen MR) is 98.1 cm³/mol. The molecule has 1 aromatic carbocycles. The van der Waals surface area contributed by atoms with Crippen molar-refractivity contribution >= 4 is 21.7 Å². The third-order valence-electron chi connectivity index (χ3n) is 5.26. The molecule has 4 rings (SSSR count). The van der Waals surface area contributed by atoms with Crippen LogP contribution in [0.2, 0.25) is 0 Å². The number of carbonyl (C=O) groups is 1. The zero-order chi connectivity index (χ0) is 17.1. The highest BCUT2D eigenvalue weighted by molar-refractivity contribution is 9.10. The van der Waals surface area contributed by atoms with Crippen molar-refractivity contribution in [3.63, 3.8) is 0 Å². The molecule has 2 aromatic rings. The van der Waals surface area contributed by atoms with Gasteiger partial charge in [0.25, 0.3) is 0 Å². The van der Waals surface area contributed by atoms with Crippen LogP contribution in [0.25, 0.3) is 0 Å². The number of aromatic nitrogens is 2. The lowest BCUT2D eigenvalue weighted by Gasteiger charge is -2.38. The zero-order valence-electron chi connectivity index (χ0n) is 14.2. The Morgan fingerprint density at radius 3 is 2.75 bits per heavy atom. The van der Waals surface area contributed by atoms with Crippen molar-refractivity contribution in [3.8, 4) is 0 Å². The van der Waals surface area contributed by atoms with Gasteiger partial charge >= 0.3 is 0 Å². The summed E-state index contributed by atoms with van der Waals surface area (Å²) in [7, 11) is 0. The van der Waals surface area contributed by atoms with Crippen LogP contribution in [0, 0.1) is 12.3 Å². The minimum absolute atomic E-state index is 0.0123. The number of hydrogen-bond donors (Lipinski definition) is 1. The van der Waals surface area contributed by atoms with E-state index < -0.39 is 0 Å². The number of hydrogen-bond acceptors (Lipinski definition) is 2. The van der Waals surface area contributed by atoms with Gasteiger partial charge in [0.1, 0.15) is 0 Å². The minimum Gasteiger partial charge on any atom is -0.294 e. The van der Waals surface area contributed by atoms with E-state index >= 15 is 0 Å². The van der Waals surface area contributed by atoms with E-state index in [1.165, 1.54) is 11.1 Å². The molecule has 1 unspecified atom stereocenters. The molecule has 0 spiro atoms. The number of aromatic amines is 1. The molecule has 0 fully saturated rings. The first-order chi connectivity index (χ1) is 11.4. The number of allylic oxidation sites excluding steroid dienone is 2. The summed E-state index contributed by atoms with van der Waals surface area (Å²) in [6, 6.07) is 8.23. The molecule has 24 heavy (non-hydrogen) atoms. The van der Waals surface area contributed by atoms with Crippen LogP contribution in [-0.2, 0) is 11.2 Å². The molecule has 0 amide bonds. The lowest BCUT2D eigenvalue weighted by Crippen LogP contribution is -2.32. The van der Waals surface area contributed by atoms with Crippen LogP contribution in [0.15, 0.2) is 39.9 Å². The third kappa shape index (κ3) is 2.39. The number of benzene rings is 1. The van der Waals surface area contributed by atoms with Crippen molar-refractivity contribution < 1.29 is 4.79 Å². The average molecular weight is 385 g/mol. The molecule has 0 bridgehead atoms. The standard InChI is InChI=1S/C20H21BrN2O/c1-11-17-15(23-22-11)8-12-9-20(2,3)10-16(24)18(12)19(17)13-6-4-5-7-14(13)21/h4-7,19H,8-10H2,1-3H3,(H,22,23). The third-order valence-corrected chi connectivity index (χ3v) is 5.98. The van der Waals surface area contributed by atoms with E-state index in [9.17, 15) is 4.79 Å². The Hall–Kier alpha value is -1.68. The number of nitrogens with zero attached hydrogens (tertiary/aromatic N) is 1. The van der Waals surface area contributed by atoms with Gasteiger partial charge in [0.2, 0.25) is 0 Å². The number of carbonyl (C=O) groups excluding carboxylic acids is 1. The van der Waals surface area contributed by atoms with E-state index in [4.69, 9.17) is 0 Å². The van der Waals surface area contributed by atoms with Gasteiger partial charge in [-0.2, -0.15) is 5.10 Å².